The molecular formula is C13H14O6S2. The third kappa shape index (κ3) is 4.15. The first kappa shape index (κ1) is 15.7. The second-order valence-electron chi connectivity index (χ2n) is 4.79. The monoisotopic (exact) mass is 330 g/mol. The van der Waals surface area contributed by atoms with E-state index in [9.17, 15) is 21.6 Å². The van der Waals surface area contributed by atoms with Gasteiger partial charge in [0, 0.05) is 11.6 Å². The number of carbonyl (C=O) groups excluding carboxylic acids is 1. The molecule has 1 heterocycles. The van der Waals surface area contributed by atoms with Crippen LogP contribution in [0, 0.1) is 0 Å². The predicted octanol–water partition coefficient (Wildman–Crippen LogP) is 1.07. The summed E-state index contributed by atoms with van der Waals surface area (Å²) in [5.74, 6) is -2.39. The number of hydrogen-bond donors (Lipinski definition) is 0. The minimum Gasteiger partial charge on any atom is -0.464 e. The number of hydrogen-bond acceptors (Lipinski definition) is 6. The van der Waals surface area contributed by atoms with Gasteiger partial charge < -0.3 is 4.42 Å². The lowest BCUT2D eigenvalue weighted by molar-refractivity contribution is 0.102. The van der Waals surface area contributed by atoms with Crippen LogP contribution in [0.3, 0.4) is 0 Å². The molecule has 0 aliphatic carbocycles. The van der Waals surface area contributed by atoms with E-state index < -0.39 is 42.7 Å². The molecule has 21 heavy (non-hydrogen) atoms. The van der Waals surface area contributed by atoms with E-state index in [0.29, 0.717) is 11.0 Å². The average molecular weight is 330 g/mol. The Morgan fingerprint density at radius 3 is 2.43 bits per heavy atom. The van der Waals surface area contributed by atoms with Crippen molar-refractivity contribution >= 4 is 36.4 Å². The van der Waals surface area contributed by atoms with Gasteiger partial charge in [0.2, 0.25) is 0 Å². The quantitative estimate of drug-likeness (QED) is 0.735. The summed E-state index contributed by atoms with van der Waals surface area (Å²) in [7, 11) is -7.17. The van der Waals surface area contributed by atoms with Crippen molar-refractivity contribution in [2.75, 3.05) is 23.5 Å². The molecule has 1 aromatic carbocycles. The second-order valence-corrected chi connectivity index (χ2v) is 9.23. The first-order valence-electron chi connectivity index (χ1n) is 6.05. The molecule has 0 aliphatic rings. The van der Waals surface area contributed by atoms with Gasteiger partial charge in [0.15, 0.2) is 15.6 Å². The molecule has 1 aromatic heterocycles. The Bertz CT molecular complexity index is 874. The number of sulfone groups is 2. The van der Waals surface area contributed by atoms with E-state index in [1.54, 1.807) is 24.3 Å². The fourth-order valence-electron chi connectivity index (χ4n) is 1.82. The van der Waals surface area contributed by atoms with Crippen LogP contribution in [-0.4, -0.2) is 46.1 Å². The van der Waals surface area contributed by atoms with E-state index in [-0.39, 0.29) is 5.56 Å². The Morgan fingerprint density at radius 1 is 1.10 bits per heavy atom. The van der Waals surface area contributed by atoms with Gasteiger partial charge in [0.25, 0.3) is 0 Å². The molecule has 0 spiro atoms. The highest BCUT2D eigenvalue weighted by molar-refractivity contribution is 7.95. The van der Waals surface area contributed by atoms with Crippen LogP contribution in [0.25, 0.3) is 11.0 Å². The second kappa shape index (κ2) is 5.61. The molecule has 114 valence electrons. The van der Waals surface area contributed by atoms with Crippen LogP contribution in [0.5, 0.6) is 0 Å². The number of fused-ring (bicyclic) bond motifs is 1. The lowest BCUT2D eigenvalue weighted by atomic mass is 10.1. The first-order chi connectivity index (χ1) is 9.68. The molecule has 0 saturated carbocycles. The van der Waals surface area contributed by atoms with E-state index in [1.165, 1.54) is 6.26 Å². The Kier molecular flexibility index (Phi) is 4.20. The zero-order chi connectivity index (χ0) is 15.7. The van der Waals surface area contributed by atoms with Gasteiger partial charge in [0.05, 0.1) is 17.1 Å². The SMILES string of the molecule is CS(=O)(=O)CCS(=O)(=O)CC(=O)c1coc2ccccc12. The third-order valence-corrected chi connectivity index (χ3v) is 5.63. The topological polar surface area (TPSA) is 98.5 Å². The summed E-state index contributed by atoms with van der Waals surface area (Å²) in [5, 5.41) is 0.542. The number of ketones is 1. The van der Waals surface area contributed by atoms with Gasteiger partial charge >= 0.3 is 0 Å². The molecule has 0 bridgehead atoms. The highest BCUT2D eigenvalue weighted by Gasteiger charge is 2.22. The fraction of sp³-hybridized carbons (Fsp3) is 0.308. The summed E-state index contributed by atoms with van der Waals surface area (Å²) in [6, 6.07) is 6.79. The summed E-state index contributed by atoms with van der Waals surface area (Å²) >= 11 is 0. The Balaban J connectivity index is 2.18. The van der Waals surface area contributed by atoms with Gasteiger partial charge in [-0.1, -0.05) is 18.2 Å². The molecule has 0 fully saturated rings. The third-order valence-electron chi connectivity index (χ3n) is 2.90. The molecule has 2 aromatic rings. The molecule has 0 N–H and O–H groups in total. The molecule has 0 unspecified atom stereocenters. The van der Waals surface area contributed by atoms with Crippen LogP contribution in [-0.2, 0) is 19.7 Å². The highest BCUT2D eigenvalue weighted by Crippen LogP contribution is 2.21. The molecule has 0 aliphatic heterocycles. The van der Waals surface area contributed by atoms with Crippen molar-refractivity contribution in [3.8, 4) is 0 Å². The van der Waals surface area contributed by atoms with Crippen molar-refractivity contribution < 1.29 is 26.0 Å². The van der Waals surface area contributed by atoms with E-state index >= 15 is 0 Å². The largest absolute Gasteiger partial charge is 0.464 e. The Morgan fingerprint density at radius 2 is 1.76 bits per heavy atom. The fourth-order valence-corrected chi connectivity index (χ4v) is 4.75. The van der Waals surface area contributed by atoms with Gasteiger partial charge in [-0.3, -0.25) is 4.79 Å². The van der Waals surface area contributed by atoms with Gasteiger partial charge in [-0.2, -0.15) is 0 Å². The molecule has 8 heteroatoms. The maximum Gasteiger partial charge on any atom is 0.181 e. The smallest absolute Gasteiger partial charge is 0.181 e. The van der Waals surface area contributed by atoms with Crippen LogP contribution in [0.4, 0.5) is 0 Å². The molecule has 0 radical (unpaired) electrons. The molecule has 6 nitrogen and oxygen atoms in total. The molecule has 2 rings (SSSR count). The van der Waals surface area contributed by atoms with Crippen LogP contribution < -0.4 is 0 Å². The Labute approximate surface area is 122 Å². The van der Waals surface area contributed by atoms with Crippen LogP contribution >= 0.6 is 0 Å². The zero-order valence-corrected chi connectivity index (χ0v) is 12.9. The zero-order valence-electron chi connectivity index (χ0n) is 11.3. The van der Waals surface area contributed by atoms with Crippen molar-refractivity contribution in [3.05, 3.63) is 36.1 Å². The number of Topliss-reactive ketones (excluding diaryl/α,β-unsaturated/α-hetero) is 1. The van der Waals surface area contributed by atoms with Crippen LogP contribution in [0.1, 0.15) is 10.4 Å². The Hall–Kier alpha value is -1.67. The molecule has 0 amide bonds. The molecule has 0 atom stereocenters. The predicted molar refractivity (Wildman–Crippen MR) is 78.9 cm³/mol. The minimum atomic E-state index is -3.78. The number of para-hydroxylation sites is 1. The van der Waals surface area contributed by atoms with Gasteiger partial charge in [-0.05, 0) is 6.07 Å². The normalized spacial score (nSPS) is 12.6. The lowest BCUT2D eigenvalue weighted by Crippen LogP contribution is -2.23. The molecule has 0 saturated heterocycles. The highest BCUT2D eigenvalue weighted by atomic mass is 32.2. The summed E-state index contributed by atoms with van der Waals surface area (Å²) in [6.07, 6.45) is 2.17. The van der Waals surface area contributed by atoms with E-state index in [0.717, 1.165) is 6.26 Å². The lowest BCUT2D eigenvalue weighted by Gasteiger charge is -2.02. The van der Waals surface area contributed by atoms with Gasteiger partial charge in [-0.15, -0.1) is 0 Å². The summed E-state index contributed by atoms with van der Waals surface area (Å²) < 4.78 is 50.8. The van der Waals surface area contributed by atoms with E-state index in [4.69, 9.17) is 4.42 Å². The number of rotatable bonds is 6. The van der Waals surface area contributed by atoms with E-state index in [2.05, 4.69) is 0 Å². The van der Waals surface area contributed by atoms with Crippen molar-refractivity contribution in [2.45, 2.75) is 0 Å². The van der Waals surface area contributed by atoms with Crippen molar-refractivity contribution in [1.29, 1.82) is 0 Å². The summed E-state index contributed by atoms with van der Waals surface area (Å²) in [4.78, 5) is 12.1. The van der Waals surface area contributed by atoms with Crippen LogP contribution in [0.15, 0.2) is 34.9 Å². The van der Waals surface area contributed by atoms with Gasteiger partial charge in [0.1, 0.15) is 27.4 Å². The maximum absolute atomic E-state index is 12.1. The average Bonchev–Trinajstić information content (AvgIpc) is 2.79. The van der Waals surface area contributed by atoms with Crippen molar-refractivity contribution in [1.82, 2.24) is 0 Å². The number of benzene rings is 1. The van der Waals surface area contributed by atoms with E-state index in [1.807, 2.05) is 0 Å². The molecular weight excluding hydrogens is 316 g/mol. The van der Waals surface area contributed by atoms with Crippen molar-refractivity contribution in [3.63, 3.8) is 0 Å². The number of furan rings is 1. The number of carbonyl (C=O) groups is 1. The first-order valence-corrected chi connectivity index (χ1v) is 9.94. The standard InChI is InChI=1S/C13H14O6S2/c1-20(15,16)6-7-21(17,18)9-12(14)11-8-19-13-5-3-2-4-10(11)13/h2-5,8H,6-7,9H2,1H3. The minimum absolute atomic E-state index is 0.188. The summed E-state index contributed by atoms with van der Waals surface area (Å²) in [5.41, 5.74) is 0.683. The van der Waals surface area contributed by atoms with Gasteiger partial charge in [-0.25, -0.2) is 16.8 Å². The van der Waals surface area contributed by atoms with Crippen molar-refractivity contribution in [2.24, 2.45) is 0 Å². The summed E-state index contributed by atoms with van der Waals surface area (Å²) in [6.45, 7) is 0. The maximum atomic E-state index is 12.1. The van der Waals surface area contributed by atoms with Crippen LogP contribution in [0.2, 0.25) is 0 Å².